The van der Waals surface area contributed by atoms with Crippen molar-refractivity contribution in [2.45, 2.75) is 26.3 Å². The van der Waals surface area contributed by atoms with E-state index in [2.05, 4.69) is 15.6 Å². The van der Waals surface area contributed by atoms with Gasteiger partial charge in [-0.25, -0.2) is 4.98 Å². The Bertz CT molecular complexity index is 726. The average molecular weight is 301 g/mol. The fourth-order valence-electron chi connectivity index (χ4n) is 2.08. The zero-order valence-electron chi connectivity index (χ0n) is 13.1. The summed E-state index contributed by atoms with van der Waals surface area (Å²) in [5, 5.41) is 6.29. The van der Waals surface area contributed by atoms with Crippen LogP contribution >= 0.6 is 0 Å². The first kappa shape index (κ1) is 15.8. The topological polar surface area (TPSA) is 80.3 Å². The minimum atomic E-state index is -0.987. The number of pyridine rings is 1. The fourth-order valence-corrected chi connectivity index (χ4v) is 2.08. The Balaban J connectivity index is 2.21. The molecule has 0 fully saturated rings. The van der Waals surface area contributed by atoms with Crippen LogP contribution in [0.15, 0.2) is 30.3 Å². The summed E-state index contributed by atoms with van der Waals surface area (Å²) in [5.41, 5.74) is 0.431. The van der Waals surface area contributed by atoms with Crippen molar-refractivity contribution in [2.24, 2.45) is 0 Å². The first-order valence-electron chi connectivity index (χ1n) is 6.87. The SMILES string of the molecule is COc1ccc2cc(NC(=O)C(C)(C)NC(C)=O)ccc2n1. The molecule has 0 aliphatic rings. The number of carbonyl (C=O) groups is 2. The molecule has 22 heavy (non-hydrogen) atoms. The molecule has 2 rings (SSSR count). The van der Waals surface area contributed by atoms with Crippen LogP contribution in [-0.4, -0.2) is 29.4 Å². The van der Waals surface area contributed by atoms with E-state index in [9.17, 15) is 9.59 Å². The quantitative estimate of drug-likeness (QED) is 0.906. The van der Waals surface area contributed by atoms with Gasteiger partial charge in [0.2, 0.25) is 17.7 Å². The number of carbonyl (C=O) groups excluding carboxylic acids is 2. The van der Waals surface area contributed by atoms with Gasteiger partial charge in [-0.05, 0) is 38.1 Å². The Labute approximate surface area is 128 Å². The molecule has 1 aromatic carbocycles. The summed E-state index contributed by atoms with van der Waals surface area (Å²) in [6.45, 7) is 4.68. The lowest BCUT2D eigenvalue weighted by Gasteiger charge is -2.24. The van der Waals surface area contributed by atoms with Crippen LogP contribution in [0, 0.1) is 0 Å². The Morgan fingerprint density at radius 2 is 1.91 bits per heavy atom. The van der Waals surface area contributed by atoms with Crippen LogP contribution in [-0.2, 0) is 9.59 Å². The first-order valence-corrected chi connectivity index (χ1v) is 6.87. The third-order valence-corrected chi connectivity index (χ3v) is 3.19. The molecule has 0 bridgehead atoms. The van der Waals surface area contributed by atoms with Gasteiger partial charge in [-0.1, -0.05) is 0 Å². The van der Waals surface area contributed by atoms with Crippen LogP contribution in [0.4, 0.5) is 5.69 Å². The molecule has 116 valence electrons. The van der Waals surface area contributed by atoms with Crippen molar-refractivity contribution in [1.82, 2.24) is 10.3 Å². The summed E-state index contributed by atoms with van der Waals surface area (Å²) in [6.07, 6.45) is 0. The van der Waals surface area contributed by atoms with Crippen molar-refractivity contribution >= 4 is 28.4 Å². The van der Waals surface area contributed by atoms with Crippen molar-refractivity contribution < 1.29 is 14.3 Å². The van der Waals surface area contributed by atoms with E-state index in [0.717, 1.165) is 10.9 Å². The number of hydrogen-bond acceptors (Lipinski definition) is 4. The highest BCUT2D eigenvalue weighted by atomic mass is 16.5. The molecule has 6 nitrogen and oxygen atoms in total. The number of hydrogen-bond donors (Lipinski definition) is 2. The van der Waals surface area contributed by atoms with Gasteiger partial charge in [-0.3, -0.25) is 9.59 Å². The lowest BCUT2D eigenvalue weighted by Crippen LogP contribution is -2.51. The Hall–Kier alpha value is -2.63. The van der Waals surface area contributed by atoms with Gasteiger partial charge in [-0.2, -0.15) is 0 Å². The van der Waals surface area contributed by atoms with Crippen LogP contribution in [0.2, 0.25) is 0 Å². The van der Waals surface area contributed by atoms with Gasteiger partial charge in [0, 0.05) is 24.1 Å². The normalized spacial score (nSPS) is 11.1. The number of benzene rings is 1. The number of nitrogens with zero attached hydrogens (tertiary/aromatic N) is 1. The molecule has 1 aromatic heterocycles. The van der Waals surface area contributed by atoms with Crippen LogP contribution in [0.3, 0.4) is 0 Å². The molecule has 0 radical (unpaired) electrons. The molecule has 0 saturated carbocycles. The zero-order valence-corrected chi connectivity index (χ0v) is 13.1. The van der Waals surface area contributed by atoms with Gasteiger partial charge >= 0.3 is 0 Å². The summed E-state index contributed by atoms with van der Waals surface area (Å²) < 4.78 is 5.08. The highest BCUT2D eigenvalue weighted by Crippen LogP contribution is 2.21. The molecule has 0 saturated heterocycles. The van der Waals surface area contributed by atoms with Gasteiger partial charge in [0.1, 0.15) is 5.54 Å². The highest BCUT2D eigenvalue weighted by Gasteiger charge is 2.28. The van der Waals surface area contributed by atoms with Crippen molar-refractivity contribution in [3.63, 3.8) is 0 Å². The number of fused-ring (bicyclic) bond motifs is 1. The first-order chi connectivity index (χ1) is 10.3. The maximum Gasteiger partial charge on any atom is 0.249 e. The van der Waals surface area contributed by atoms with E-state index in [-0.39, 0.29) is 11.8 Å². The second-order valence-electron chi connectivity index (χ2n) is 5.52. The van der Waals surface area contributed by atoms with Crippen molar-refractivity contribution in [1.29, 1.82) is 0 Å². The number of nitrogens with one attached hydrogen (secondary N) is 2. The molecule has 0 aliphatic heterocycles. The molecule has 0 unspecified atom stereocenters. The van der Waals surface area contributed by atoms with E-state index in [4.69, 9.17) is 4.74 Å². The summed E-state index contributed by atoms with van der Waals surface area (Å²) in [6, 6.07) is 9.02. The molecule has 2 amide bonds. The van der Waals surface area contributed by atoms with Crippen molar-refractivity contribution in [3.8, 4) is 5.88 Å². The second kappa shape index (κ2) is 6.01. The molecular formula is C16H19N3O3. The van der Waals surface area contributed by atoms with E-state index in [1.807, 2.05) is 12.1 Å². The van der Waals surface area contributed by atoms with Gasteiger partial charge < -0.3 is 15.4 Å². The van der Waals surface area contributed by atoms with Crippen LogP contribution in [0.25, 0.3) is 10.9 Å². The predicted molar refractivity (Wildman–Crippen MR) is 84.8 cm³/mol. The molecule has 1 heterocycles. The smallest absolute Gasteiger partial charge is 0.249 e. The lowest BCUT2D eigenvalue weighted by molar-refractivity contribution is -0.128. The molecular weight excluding hydrogens is 282 g/mol. The minimum Gasteiger partial charge on any atom is -0.481 e. The van der Waals surface area contributed by atoms with Gasteiger partial charge in [0.25, 0.3) is 0 Å². The van der Waals surface area contributed by atoms with Gasteiger partial charge in [0.05, 0.1) is 12.6 Å². The number of methoxy groups -OCH3 is 1. The second-order valence-corrected chi connectivity index (χ2v) is 5.52. The standard InChI is InChI=1S/C16H19N3O3/c1-10(20)19-16(2,3)15(21)17-12-6-7-13-11(9-12)5-8-14(18-13)22-4/h5-9H,1-4H3,(H,17,21)(H,19,20). The Morgan fingerprint density at radius 1 is 1.18 bits per heavy atom. The summed E-state index contributed by atoms with van der Waals surface area (Å²) in [4.78, 5) is 27.7. The third kappa shape index (κ3) is 3.52. The predicted octanol–water partition coefficient (Wildman–Crippen LogP) is 2.10. The van der Waals surface area contributed by atoms with E-state index in [1.165, 1.54) is 6.92 Å². The van der Waals surface area contributed by atoms with E-state index in [0.29, 0.717) is 11.6 Å². The summed E-state index contributed by atoms with van der Waals surface area (Å²) in [5.74, 6) is -0.00504. The number of ether oxygens (including phenoxy) is 1. The van der Waals surface area contributed by atoms with Crippen LogP contribution in [0.5, 0.6) is 5.88 Å². The molecule has 0 atom stereocenters. The fraction of sp³-hybridized carbons (Fsp3) is 0.312. The van der Waals surface area contributed by atoms with Crippen LogP contribution in [0.1, 0.15) is 20.8 Å². The minimum absolute atomic E-state index is 0.255. The Kier molecular flexibility index (Phi) is 4.30. The van der Waals surface area contributed by atoms with Gasteiger partial charge in [-0.15, -0.1) is 0 Å². The van der Waals surface area contributed by atoms with Gasteiger partial charge in [0.15, 0.2) is 0 Å². The maximum atomic E-state index is 12.2. The molecule has 2 aromatic rings. The largest absolute Gasteiger partial charge is 0.481 e. The van der Waals surface area contributed by atoms with Crippen LogP contribution < -0.4 is 15.4 Å². The lowest BCUT2D eigenvalue weighted by atomic mass is 10.0. The van der Waals surface area contributed by atoms with E-state index in [1.54, 1.807) is 39.2 Å². The molecule has 6 heteroatoms. The van der Waals surface area contributed by atoms with E-state index >= 15 is 0 Å². The van der Waals surface area contributed by atoms with Crippen molar-refractivity contribution in [2.75, 3.05) is 12.4 Å². The molecule has 0 aliphatic carbocycles. The Morgan fingerprint density at radius 3 is 2.55 bits per heavy atom. The maximum absolute atomic E-state index is 12.2. The number of aromatic nitrogens is 1. The highest BCUT2D eigenvalue weighted by molar-refractivity contribution is 6.00. The number of amides is 2. The molecule has 0 spiro atoms. The zero-order chi connectivity index (χ0) is 16.3. The number of anilines is 1. The number of rotatable bonds is 4. The third-order valence-electron chi connectivity index (χ3n) is 3.19. The average Bonchev–Trinajstić information content (AvgIpc) is 2.45. The summed E-state index contributed by atoms with van der Waals surface area (Å²) >= 11 is 0. The van der Waals surface area contributed by atoms with E-state index < -0.39 is 5.54 Å². The summed E-state index contributed by atoms with van der Waals surface area (Å²) in [7, 11) is 1.56. The van der Waals surface area contributed by atoms with Crippen molar-refractivity contribution in [3.05, 3.63) is 30.3 Å². The monoisotopic (exact) mass is 301 g/mol. The molecule has 2 N–H and O–H groups in total.